The Morgan fingerprint density at radius 2 is 2.17 bits per heavy atom. The summed E-state index contributed by atoms with van der Waals surface area (Å²) in [7, 11) is 1.92. The van der Waals surface area contributed by atoms with Gasteiger partial charge >= 0.3 is 5.69 Å². The van der Waals surface area contributed by atoms with E-state index in [1.807, 2.05) is 25.2 Å². The number of hydrogen-bond donors (Lipinski definition) is 3. The molecule has 6 nitrogen and oxygen atoms in total. The Morgan fingerprint density at radius 1 is 1.29 bits per heavy atom. The molecule has 0 saturated heterocycles. The van der Waals surface area contributed by atoms with Crippen molar-refractivity contribution in [2.75, 3.05) is 7.05 Å². The Morgan fingerprint density at radius 3 is 2.96 bits per heavy atom. The van der Waals surface area contributed by atoms with E-state index in [4.69, 9.17) is 0 Å². The van der Waals surface area contributed by atoms with Gasteiger partial charge in [-0.2, -0.15) is 5.10 Å². The van der Waals surface area contributed by atoms with Gasteiger partial charge in [0.2, 0.25) is 0 Å². The lowest BCUT2D eigenvalue weighted by atomic mass is 10.0. The number of aromatic nitrogens is 3. The minimum atomic E-state index is -0.279. The number of nitrogens with zero attached hydrogens (tertiary/aromatic N) is 2. The van der Waals surface area contributed by atoms with E-state index in [0.717, 1.165) is 28.6 Å². The van der Waals surface area contributed by atoms with Crippen LogP contribution in [0.5, 0.6) is 0 Å². The predicted octanol–water partition coefficient (Wildman–Crippen LogP) is 2.12. The molecule has 1 aromatic carbocycles. The Balaban J connectivity index is 2.03. The van der Waals surface area contributed by atoms with E-state index >= 15 is 0 Å². The standard InChI is InChI=1S/C17H16N4O2S/c1-18-8-11-4-5-24-16(11)10-2-3-13-12(9-22)7-15-19-20-17(23)21(15)14(13)6-10/h2-7,18,22H,8-9H2,1H3,(H,20,23). The van der Waals surface area contributed by atoms with Gasteiger partial charge in [0.1, 0.15) is 0 Å². The molecule has 0 fully saturated rings. The lowest BCUT2D eigenvalue weighted by Gasteiger charge is -2.09. The monoisotopic (exact) mass is 340 g/mol. The van der Waals surface area contributed by atoms with E-state index in [0.29, 0.717) is 5.65 Å². The summed E-state index contributed by atoms with van der Waals surface area (Å²) in [6.45, 7) is 0.687. The van der Waals surface area contributed by atoms with Crippen LogP contribution in [0.3, 0.4) is 0 Å². The topological polar surface area (TPSA) is 82.4 Å². The van der Waals surface area contributed by atoms with E-state index in [9.17, 15) is 9.90 Å². The fourth-order valence-electron chi connectivity index (χ4n) is 3.05. The molecule has 0 unspecified atom stereocenters. The van der Waals surface area contributed by atoms with Crippen molar-refractivity contribution in [3.05, 3.63) is 57.3 Å². The van der Waals surface area contributed by atoms with Crippen LogP contribution >= 0.6 is 11.3 Å². The zero-order valence-electron chi connectivity index (χ0n) is 13.0. The first kappa shape index (κ1) is 15.1. The molecule has 122 valence electrons. The molecule has 3 heterocycles. The highest BCUT2D eigenvalue weighted by Gasteiger charge is 2.13. The van der Waals surface area contributed by atoms with Crippen molar-refractivity contribution >= 4 is 27.9 Å². The number of hydrogen-bond acceptors (Lipinski definition) is 5. The second kappa shape index (κ2) is 5.86. The van der Waals surface area contributed by atoms with Crippen molar-refractivity contribution in [2.45, 2.75) is 13.2 Å². The smallest absolute Gasteiger partial charge is 0.348 e. The molecule has 24 heavy (non-hydrogen) atoms. The second-order valence-corrected chi connectivity index (χ2v) is 6.50. The van der Waals surface area contributed by atoms with Crippen LogP contribution in [-0.2, 0) is 13.2 Å². The number of benzene rings is 1. The van der Waals surface area contributed by atoms with E-state index in [2.05, 4.69) is 27.0 Å². The van der Waals surface area contributed by atoms with Gasteiger partial charge in [-0.05, 0) is 47.3 Å². The molecule has 3 N–H and O–H groups in total. The zero-order valence-corrected chi connectivity index (χ0v) is 13.9. The van der Waals surface area contributed by atoms with Gasteiger partial charge in [0.25, 0.3) is 0 Å². The summed E-state index contributed by atoms with van der Waals surface area (Å²) in [6.07, 6.45) is 0. The largest absolute Gasteiger partial charge is 0.392 e. The maximum Gasteiger partial charge on any atom is 0.348 e. The molecular formula is C17H16N4O2S. The summed E-state index contributed by atoms with van der Waals surface area (Å²) in [5, 5.41) is 22.2. The van der Waals surface area contributed by atoms with Crippen LogP contribution in [0.25, 0.3) is 27.0 Å². The van der Waals surface area contributed by atoms with Crippen LogP contribution in [0, 0.1) is 0 Å². The van der Waals surface area contributed by atoms with Crippen LogP contribution in [0.2, 0.25) is 0 Å². The third-order valence-corrected chi connectivity index (χ3v) is 5.14. The number of fused-ring (bicyclic) bond motifs is 3. The van der Waals surface area contributed by atoms with Gasteiger partial charge < -0.3 is 10.4 Å². The summed E-state index contributed by atoms with van der Waals surface area (Å²) >= 11 is 1.67. The highest BCUT2D eigenvalue weighted by molar-refractivity contribution is 7.13. The quantitative estimate of drug-likeness (QED) is 0.531. The third-order valence-electron chi connectivity index (χ3n) is 4.13. The molecule has 7 heteroatoms. The summed E-state index contributed by atoms with van der Waals surface area (Å²) in [5.74, 6) is 0. The van der Waals surface area contributed by atoms with Crippen molar-refractivity contribution in [1.82, 2.24) is 19.9 Å². The Hall–Kier alpha value is -2.48. The van der Waals surface area contributed by atoms with Crippen LogP contribution in [0.4, 0.5) is 0 Å². The molecule has 0 aliphatic carbocycles. The average molecular weight is 340 g/mol. The molecule has 0 bridgehead atoms. The minimum absolute atomic E-state index is 0.0998. The second-order valence-electron chi connectivity index (χ2n) is 5.59. The molecular weight excluding hydrogens is 324 g/mol. The molecule has 0 aliphatic heterocycles. The summed E-state index contributed by atoms with van der Waals surface area (Å²) in [5.41, 5.74) is 4.00. The number of aromatic amines is 1. The fraction of sp³-hybridized carbons (Fsp3) is 0.176. The maximum absolute atomic E-state index is 12.1. The van der Waals surface area contributed by atoms with Crippen LogP contribution in [-0.4, -0.2) is 26.8 Å². The Labute approximate surface area is 141 Å². The molecule has 4 aromatic rings. The van der Waals surface area contributed by atoms with Crippen molar-refractivity contribution in [1.29, 1.82) is 0 Å². The lowest BCUT2D eigenvalue weighted by Crippen LogP contribution is -2.10. The normalized spacial score (nSPS) is 11.6. The molecule has 0 spiro atoms. The molecule has 0 amide bonds. The van der Waals surface area contributed by atoms with Gasteiger partial charge in [-0.3, -0.25) is 0 Å². The van der Waals surface area contributed by atoms with E-state index in [1.165, 1.54) is 10.4 Å². The first-order valence-corrected chi connectivity index (χ1v) is 8.46. The molecule has 0 aliphatic rings. The molecule has 0 radical (unpaired) electrons. The lowest BCUT2D eigenvalue weighted by molar-refractivity contribution is 0.283. The molecule has 4 rings (SSSR count). The molecule has 0 saturated carbocycles. The average Bonchev–Trinajstić information content (AvgIpc) is 3.21. The highest BCUT2D eigenvalue weighted by Crippen LogP contribution is 2.32. The fourth-order valence-corrected chi connectivity index (χ4v) is 3.97. The van der Waals surface area contributed by atoms with Gasteiger partial charge in [0.05, 0.1) is 12.1 Å². The number of thiophene rings is 1. The number of aliphatic hydroxyl groups excluding tert-OH is 1. The maximum atomic E-state index is 12.1. The first-order chi connectivity index (χ1) is 11.7. The molecule has 0 atom stereocenters. The van der Waals surface area contributed by atoms with Gasteiger partial charge in [-0.1, -0.05) is 12.1 Å². The summed E-state index contributed by atoms with van der Waals surface area (Å²) in [4.78, 5) is 13.3. The SMILES string of the molecule is CNCc1ccsc1-c1ccc2c(CO)cc3n[nH]c(=O)n3c2c1. The van der Waals surface area contributed by atoms with E-state index in [-0.39, 0.29) is 12.3 Å². The van der Waals surface area contributed by atoms with Gasteiger partial charge in [0.15, 0.2) is 5.65 Å². The van der Waals surface area contributed by atoms with E-state index in [1.54, 1.807) is 21.8 Å². The number of pyridine rings is 1. The van der Waals surface area contributed by atoms with Crippen molar-refractivity contribution in [3.8, 4) is 10.4 Å². The van der Waals surface area contributed by atoms with Crippen LogP contribution in [0.1, 0.15) is 11.1 Å². The van der Waals surface area contributed by atoms with Gasteiger partial charge in [0, 0.05) is 16.8 Å². The van der Waals surface area contributed by atoms with Crippen LogP contribution < -0.4 is 11.0 Å². The van der Waals surface area contributed by atoms with Crippen molar-refractivity contribution in [2.24, 2.45) is 0 Å². The number of nitrogens with one attached hydrogen (secondary N) is 2. The van der Waals surface area contributed by atoms with Gasteiger partial charge in [-0.25, -0.2) is 14.3 Å². The zero-order chi connectivity index (χ0) is 16.7. The Kier molecular flexibility index (Phi) is 3.68. The minimum Gasteiger partial charge on any atom is -0.392 e. The Bertz CT molecular complexity index is 1090. The number of H-pyrrole nitrogens is 1. The third kappa shape index (κ3) is 2.25. The highest BCUT2D eigenvalue weighted by atomic mass is 32.1. The predicted molar refractivity (Wildman–Crippen MR) is 95.3 cm³/mol. The van der Waals surface area contributed by atoms with E-state index < -0.39 is 0 Å². The first-order valence-electron chi connectivity index (χ1n) is 7.58. The van der Waals surface area contributed by atoms with Crippen molar-refractivity contribution < 1.29 is 5.11 Å². The van der Waals surface area contributed by atoms with Crippen LogP contribution in [0.15, 0.2) is 40.5 Å². The summed E-state index contributed by atoms with van der Waals surface area (Å²) < 4.78 is 1.54. The number of rotatable bonds is 4. The van der Waals surface area contributed by atoms with Crippen molar-refractivity contribution in [3.63, 3.8) is 0 Å². The summed E-state index contributed by atoms with van der Waals surface area (Å²) in [6, 6.07) is 9.81. The number of aliphatic hydroxyl groups is 1. The van der Waals surface area contributed by atoms with Gasteiger partial charge in [-0.15, -0.1) is 11.3 Å². The molecule has 3 aromatic heterocycles.